The Morgan fingerprint density at radius 3 is 2.13 bits per heavy atom. The van der Waals surface area contributed by atoms with Crippen LogP contribution in [0.4, 0.5) is 4.39 Å². The summed E-state index contributed by atoms with van der Waals surface area (Å²) in [5, 5.41) is 6.18. The molecule has 0 fully saturated rings. The second kappa shape index (κ2) is 15.3. The molecule has 0 amide bonds. The predicted octanol–water partition coefficient (Wildman–Crippen LogP) is 12.6. The number of nitrogens with zero attached hydrogens (tertiary/aromatic N) is 2. The van der Waals surface area contributed by atoms with E-state index in [-0.39, 0.29) is 31.3 Å². The molecule has 8 aromatic rings. The Morgan fingerprint density at radius 2 is 1.46 bits per heavy atom. The monoisotopic (exact) mass is 893 g/mol. The van der Waals surface area contributed by atoms with Crippen molar-refractivity contribution in [3.8, 4) is 33.6 Å². The summed E-state index contributed by atoms with van der Waals surface area (Å²) in [6.45, 7) is 13.8. The molecule has 6 heteroatoms. The van der Waals surface area contributed by atoms with Crippen molar-refractivity contribution in [3.63, 3.8) is 0 Å². The van der Waals surface area contributed by atoms with Crippen LogP contribution in [-0.4, -0.2) is 18.0 Å². The molecule has 2 nitrogen and oxygen atoms in total. The maximum absolute atomic E-state index is 13.6. The van der Waals surface area contributed by atoms with Gasteiger partial charge in [0.1, 0.15) is 5.82 Å². The van der Waals surface area contributed by atoms with Crippen LogP contribution in [0.25, 0.3) is 64.6 Å². The quantitative estimate of drug-likeness (QED) is 0.127. The van der Waals surface area contributed by atoms with Gasteiger partial charge in [0.15, 0.2) is 0 Å². The molecule has 0 saturated carbocycles. The Labute approximate surface area is 325 Å². The Balaban J connectivity index is 0.000000230. The van der Waals surface area contributed by atoms with Crippen molar-refractivity contribution in [2.24, 2.45) is 5.41 Å². The SMILES string of the molecule is CC(C)(C)Cc1ccnc(-c2[c-]c3sc4c5ccccc5c(-c5ccc(F)cc5)cc4c3cc2)c1.C[Si](C)(C)c1ccc(-c2[c-]cccc2)nc1.[Ir]. The molecule has 0 spiro atoms. The van der Waals surface area contributed by atoms with Crippen molar-refractivity contribution in [3.05, 3.63) is 151 Å². The fourth-order valence-electron chi connectivity index (χ4n) is 6.44. The number of benzene rings is 5. The van der Waals surface area contributed by atoms with Crippen LogP contribution in [0.5, 0.6) is 0 Å². The van der Waals surface area contributed by atoms with Crippen molar-refractivity contribution in [2.45, 2.75) is 46.8 Å². The van der Waals surface area contributed by atoms with Gasteiger partial charge in [0.25, 0.3) is 0 Å². The zero-order chi connectivity index (χ0) is 35.8. The van der Waals surface area contributed by atoms with Crippen LogP contribution in [0.15, 0.2) is 128 Å². The third-order valence-corrected chi connectivity index (χ3v) is 12.2. The molecule has 0 atom stereocenters. The van der Waals surface area contributed by atoms with Crippen LogP contribution >= 0.6 is 11.3 Å². The van der Waals surface area contributed by atoms with E-state index in [9.17, 15) is 4.39 Å². The number of fused-ring (bicyclic) bond motifs is 5. The summed E-state index contributed by atoms with van der Waals surface area (Å²) < 4.78 is 16.0. The van der Waals surface area contributed by atoms with E-state index in [4.69, 9.17) is 0 Å². The standard InChI is InChI=1S/C32H25FNS.C14H16NSi.Ir/c1-32(2,3)19-20-14-15-34-29(16-20)22-10-13-25-28-18-27(21-8-11-23(33)12-9-21)24-6-4-5-7-26(24)31(28)35-30(25)17-22;1-16(2,3)13-9-10-14(15-11-13)12-7-5-4-6-8-12;/h4-16,18H,19H2,1-3H3;4-7,9-11H,1-3H3;/q2*-1;. The molecule has 0 unspecified atom stereocenters. The topological polar surface area (TPSA) is 25.8 Å². The number of pyridine rings is 2. The average molecular weight is 893 g/mol. The summed E-state index contributed by atoms with van der Waals surface area (Å²) in [5.41, 5.74) is 7.69. The predicted molar refractivity (Wildman–Crippen MR) is 219 cm³/mol. The van der Waals surface area contributed by atoms with Gasteiger partial charge in [0.05, 0.1) is 8.07 Å². The van der Waals surface area contributed by atoms with Crippen LogP contribution in [0.2, 0.25) is 19.6 Å². The van der Waals surface area contributed by atoms with Gasteiger partial charge in [-0.05, 0) is 78.6 Å². The Hall–Kier alpha value is -4.32. The van der Waals surface area contributed by atoms with E-state index < -0.39 is 8.07 Å². The minimum absolute atomic E-state index is 0. The van der Waals surface area contributed by atoms with Gasteiger partial charge < -0.3 is 9.97 Å². The minimum Gasteiger partial charge on any atom is -0.305 e. The third kappa shape index (κ3) is 8.32. The van der Waals surface area contributed by atoms with Gasteiger partial charge in [-0.1, -0.05) is 112 Å². The maximum atomic E-state index is 13.6. The average Bonchev–Trinajstić information content (AvgIpc) is 3.50. The molecule has 0 aliphatic rings. The molecule has 3 aromatic heterocycles. The Bertz CT molecular complexity index is 2460. The maximum Gasteiger partial charge on any atom is 0.123 e. The Kier molecular flexibility index (Phi) is 11.0. The van der Waals surface area contributed by atoms with E-state index in [2.05, 4.69) is 129 Å². The first kappa shape index (κ1) is 37.4. The number of aromatic nitrogens is 2. The summed E-state index contributed by atoms with van der Waals surface area (Å²) in [5.74, 6) is -0.220. The van der Waals surface area contributed by atoms with Gasteiger partial charge in [0, 0.05) is 37.2 Å². The van der Waals surface area contributed by atoms with Crippen molar-refractivity contribution in [2.75, 3.05) is 0 Å². The number of hydrogen-bond donors (Lipinski definition) is 0. The van der Waals surface area contributed by atoms with E-state index in [0.29, 0.717) is 0 Å². The van der Waals surface area contributed by atoms with Gasteiger partial charge in [-0.2, -0.15) is 11.3 Å². The third-order valence-electron chi connectivity index (χ3n) is 9.00. The zero-order valence-corrected chi connectivity index (χ0v) is 34.6. The van der Waals surface area contributed by atoms with E-state index in [1.165, 1.54) is 49.1 Å². The summed E-state index contributed by atoms with van der Waals surface area (Å²) >= 11 is 1.78. The van der Waals surface area contributed by atoms with Gasteiger partial charge in [-0.3, -0.25) is 0 Å². The van der Waals surface area contributed by atoms with E-state index in [1.807, 2.05) is 48.8 Å². The van der Waals surface area contributed by atoms with Crippen molar-refractivity contribution < 1.29 is 24.5 Å². The molecule has 8 rings (SSSR count). The van der Waals surface area contributed by atoms with Gasteiger partial charge in [-0.25, -0.2) is 4.39 Å². The summed E-state index contributed by atoms with van der Waals surface area (Å²) in [7, 11) is -1.23. The molecule has 0 saturated heterocycles. The van der Waals surface area contributed by atoms with E-state index in [0.717, 1.165) is 44.8 Å². The summed E-state index contributed by atoms with van der Waals surface area (Å²) in [4.78, 5) is 9.17. The van der Waals surface area contributed by atoms with Gasteiger partial charge >= 0.3 is 0 Å². The molecule has 52 heavy (non-hydrogen) atoms. The number of rotatable bonds is 5. The fourth-order valence-corrected chi connectivity index (χ4v) is 8.69. The second-order valence-electron chi connectivity index (χ2n) is 15.3. The molecule has 0 bridgehead atoms. The van der Waals surface area contributed by atoms with Crippen molar-refractivity contribution in [1.82, 2.24) is 9.97 Å². The minimum atomic E-state index is -1.23. The zero-order valence-electron chi connectivity index (χ0n) is 30.3. The second-order valence-corrected chi connectivity index (χ2v) is 21.4. The fraction of sp³-hybridized carbons (Fsp3) is 0.174. The summed E-state index contributed by atoms with van der Waals surface area (Å²) in [6.07, 6.45) is 4.93. The summed E-state index contributed by atoms with van der Waals surface area (Å²) in [6, 6.07) is 45.2. The first-order chi connectivity index (χ1) is 24.4. The van der Waals surface area contributed by atoms with Crippen molar-refractivity contribution in [1.29, 1.82) is 0 Å². The van der Waals surface area contributed by atoms with Crippen LogP contribution in [0, 0.1) is 23.4 Å². The van der Waals surface area contributed by atoms with Crippen LogP contribution in [0.3, 0.4) is 0 Å². The number of thiophene rings is 1. The van der Waals surface area contributed by atoms with Gasteiger partial charge in [-0.15, -0.1) is 59.7 Å². The smallest absolute Gasteiger partial charge is 0.123 e. The van der Waals surface area contributed by atoms with Crippen molar-refractivity contribution >= 4 is 55.5 Å². The molecule has 0 aliphatic heterocycles. The molecular weight excluding hydrogens is 852 g/mol. The van der Waals surface area contributed by atoms with Crippen LogP contribution in [0.1, 0.15) is 26.3 Å². The van der Waals surface area contributed by atoms with Crippen LogP contribution < -0.4 is 5.19 Å². The van der Waals surface area contributed by atoms with Gasteiger partial charge in [0.2, 0.25) is 0 Å². The Morgan fingerprint density at radius 1 is 0.712 bits per heavy atom. The molecule has 0 N–H and O–H groups in total. The molecule has 5 aromatic carbocycles. The first-order valence-corrected chi connectivity index (χ1v) is 21.7. The number of hydrogen-bond acceptors (Lipinski definition) is 3. The van der Waals surface area contributed by atoms with Crippen LogP contribution in [-0.2, 0) is 26.5 Å². The molecule has 3 heterocycles. The van der Waals surface area contributed by atoms with E-state index in [1.54, 1.807) is 11.3 Å². The molecule has 1 radical (unpaired) electrons. The van der Waals surface area contributed by atoms with E-state index >= 15 is 0 Å². The first-order valence-electron chi connectivity index (χ1n) is 17.4. The normalized spacial score (nSPS) is 11.7. The number of halogens is 1. The molecule has 263 valence electrons. The molecular formula is C46H41FIrN2SSi-2. The largest absolute Gasteiger partial charge is 0.305 e. The molecule has 0 aliphatic carbocycles.